The molecular weight excluding hydrogens is 301 g/mol. The fraction of sp³-hybridized carbons (Fsp3) is 0.263. The highest BCUT2D eigenvalue weighted by molar-refractivity contribution is 5.39. The molecule has 0 saturated heterocycles. The summed E-state index contributed by atoms with van der Waals surface area (Å²) in [6.45, 7) is 0. The van der Waals surface area contributed by atoms with Crippen molar-refractivity contribution in [3.8, 4) is 11.8 Å². The Morgan fingerprint density at radius 1 is 1.00 bits per heavy atom. The molecule has 0 radical (unpaired) electrons. The van der Waals surface area contributed by atoms with E-state index in [1.807, 2.05) is 24.3 Å². The topological polar surface area (TPSA) is 20.2 Å². The maximum absolute atomic E-state index is 12.5. The SMILES string of the molecule is O[C@@H]1c2ccccc2CC[C@@H]1C#Cc1ccc(C(F)(F)F)cc1. The average molecular weight is 316 g/mol. The lowest BCUT2D eigenvalue weighted by atomic mass is 9.82. The maximum Gasteiger partial charge on any atom is 0.416 e. The summed E-state index contributed by atoms with van der Waals surface area (Å²) in [6.07, 6.45) is -3.40. The van der Waals surface area contributed by atoms with E-state index in [-0.39, 0.29) is 5.92 Å². The number of hydrogen-bond donors (Lipinski definition) is 1. The van der Waals surface area contributed by atoms with Crippen LogP contribution in [0.1, 0.15) is 34.8 Å². The summed E-state index contributed by atoms with van der Waals surface area (Å²) in [7, 11) is 0. The van der Waals surface area contributed by atoms with E-state index in [0.717, 1.165) is 36.1 Å². The highest BCUT2D eigenvalue weighted by atomic mass is 19.4. The van der Waals surface area contributed by atoms with Crippen LogP contribution in [0.25, 0.3) is 0 Å². The van der Waals surface area contributed by atoms with Crippen molar-refractivity contribution in [1.82, 2.24) is 0 Å². The van der Waals surface area contributed by atoms with Crippen LogP contribution in [0.5, 0.6) is 0 Å². The van der Waals surface area contributed by atoms with Crippen molar-refractivity contribution >= 4 is 0 Å². The Morgan fingerprint density at radius 3 is 2.39 bits per heavy atom. The van der Waals surface area contributed by atoms with E-state index in [1.54, 1.807) is 0 Å². The van der Waals surface area contributed by atoms with Gasteiger partial charge in [-0.05, 0) is 48.2 Å². The molecule has 1 aliphatic carbocycles. The van der Waals surface area contributed by atoms with E-state index in [4.69, 9.17) is 0 Å². The summed E-state index contributed by atoms with van der Waals surface area (Å²) >= 11 is 0. The van der Waals surface area contributed by atoms with Crippen LogP contribution in [-0.4, -0.2) is 5.11 Å². The van der Waals surface area contributed by atoms with Gasteiger partial charge in [0.05, 0.1) is 17.6 Å². The van der Waals surface area contributed by atoms with E-state index in [0.29, 0.717) is 5.56 Å². The molecule has 4 heteroatoms. The van der Waals surface area contributed by atoms with Crippen molar-refractivity contribution in [3.05, 3.63) is 70.8 Å². The Bertz CT molecular complexity index is 751. The fourth-order valence-electron chi connectivity index (χ4n) is 2.81. The van der Waals surface area contributed by atoms with Gasteiger partial charge in [-0.3, -0.25) is 0 Å². The molecule has 0 bridgehead atoms. The Labute approximate surface area is 132 Å². The van der Waals surface area contributed by atoms with E-state index < -0.39 is 17.8 Å². The summed E-state index contributed by atoms with van der Waals surface area (Å²) < 4.78 is 37.6. The highest BCUT2D eigenvalue weighted by Gasteiger charge is 2.30. The smallest absolute Gasteiger partial charge is 0.387 e. The Morgan fingerprint density at radius 2 is 1.70 bits per heavy atom. The summed E-state index contributed by atoms with van der Waals surface area (Å²) in [4.78, 5) is 0. The molecule has 118 valence electrons. The molecule has 0 spiro atoms. The number of aryl methyl sites for hydroxylation is 1. The Kier molecular flexibility index (Phi) is 4.14. The molecule has 0 saturated carbocycles. The first-order valence-corrected chi connectivity index (χ1v) is 7.40. The van der Waals surface area contributed by atoms with Gasteiger partial charge < -0.3 is 5.11 Å². The molecule has 3 rings (SSSR count). The minimum absolute atomic E-state index is 0.202. The zero-order chi connectivity index (χ0) is 16.4. The van der Waals surface area contributed by atoms with E-state index in [1.165, 1.54) is 12.1 Å². The van der Waals surface area contributed by atoms with Gasteiger partial charge in [0.2, 0.25) is 0 Å². The van der Waals surface area contributed by atoms with E-state index in [2.05, 4.69) is 11.8 Å². The number of alkyl halides is 3. The molecule has 2 aromatic carbocycles. The lowest BCUT2D eigenvalue weighted by molar-refractivity contribution is -0.137. The standard InChI is InChI=1S/C19H15F3O/c20-19(21,22)16-11-6-13(7-12-16)5-8-15-10-9-14-3-1-2-4-17(14)18(15)23/h1-4,6-7,11-12,15,18,23H,9-10H2/t15-,18-/m0/s1. The molecule has 0 aromatic heterocycles. The first-order chi connectivity index (χ1) is 10.9. The summed E-state index contributed by atoms with van der Waals surface area (Å²) in [6, 6.07) is 12.5. The van der Waals surface area contributed by atoms with Crippen molar-refractivity contribution in [2.75, 3.05) is 0 Å². The van der Waals surface area contributed by atoms with Gasteiger partial charge in [0.25, 0.3) is 0 Å². The number of aliphatic hydroxyl groups is 1. The first-order valence-electron chi connectivity index (χ1n) is 7.40. The third-order valence-electron chi connectivity index (χ3n) is 4.09. The van der Waals surface area contributed by atoms with Crippen LogP contribution >= 0.6 is 0 Å². The lowest BCUT2D eigenvalue weighted by Gasteiger charge is -2.26. The number of aliphatic hydroxyl groups excluding tert-OH is 1. The van der Waals surface area contributed by atoms with Gasteiger partial charge in [-0.1, -0.05) is 36.1 Å². The van der Waals surface area contributed by atoms with Crippen LogP contribution in [0.15, 0.2) is 48.5 Å². The summed E-state index contributed by atoms with van der Waals surface area (Å²) in [5.41, 5.74) is 1.86. The second kappa shape index (κ2) is 6.10. The zero-order valence-corrected chi connectivity index (χ0v) is 12.3. The number of rotatable bonds is 0. The van der Waals surface area contributed by atoms with Crippen molar-refractivity contribution in [2.45, 2.75) is 25.1 Å². The second-order valence-corrected chi connectivity index (χ2v) is 5.63. The third-order valence-corrected chi connectivity index (χ3v) is 4.09. The predicted molar refractivity (Wildman–Crippen MR) is 81.5 cm³/mol. The molecule has 1 aliphatic rings. The third kappa shape index (κ3) is 3.40. The van der Waals surface area contributed by atoms with Crippen molar-refractivity contribution < 1.29 is 18.3 Å². The Balaban J connectivity index is 1.77. The predicted octanol–water partition coefficient (Wildman–Crippen LogP) is 4.35. The molecule has 23 heavy (non-hydrogen) atoms. The molecule has 0 amide bonds. The van der Waals surface area contributed by atoms with E-state index in [9.17, 15) is 18.3 Å². The van der Waals surface area contributed by atoms with Gasteiger partial charge in [0, 0.05) is 5.56 Å². The van der Waals surface area contributed by atoms with Gasteiger partial charge in [-0.2, -0.15) is 13.2 Å². The van der Waals surface area contributed by atoms with Crippen LogP contribution < -0.4 is 0 Å². The van der Waals surface area contributed by atoms with Gasteiger partial charge in [0.1, 0.15) is 0 Å². The minimum atomic E-state index is -4.34. The van der Waals surface area contributed by atoms with Crippen LogP contribution in [0.2, 0.25) is 0 Å². The summed E-state index contributed by atoms with van der Waals surface area (Å²) in [5.74, 6) is 5.68. The zero-order valence-electron chi connectivity index (χ0n) is 12.3. The number of fused-ring (bicyclic) bond motifs is 1. The average Bonchev–Trinajstić information content (AvgIpc) is 2.54. The van der Waals surface area contributed by atoms with Crippen molar-refractivity contribution in [2.24, 2.45) is 5.92 Å². The molecule has 0 aliphatic heterocycles. The molecule has 0 unspecified atom stereocenters. The van der Waals surface area contributed by atoms with Crippen molar-refractivity contribution in [3.63, 3.8) is 0 Å². The minimum Gasteiger partial charge on any atom is -0.387 e. The molecular formula is C19H15F3O. The molecule has 1 nitrogen and oxygen atoms in total. The monoisotopic (exact) mass is 316 g/mol. The quantitative estimate of drug-likeness (QED) is 0.716. The van der Waals surface area contributed by atoms with Crippen LogP contribution in [0.4, 0.5) is 13.2 Å². The molecule has 2 atom stereocenters. The number of hydrogen-bond acceptors (Lipinski definition) is 1. The molecule has 0 heterocycles. The van der Waals surface area contributed by atoms with Crippen LogP contribution in [0.3, 0.4) is 0 Å². The van der Waals surface area contributed by atoms with Gasteiger partial charge >= 0.3 is 6.18 Å². The fourth-order valence-corrected chi connectivity index (χ4v) is 2.81. The highest BCUT2D eigenvalue weighted by Crippen LogP contribution is 2.34. The molecule has 2 aromatic rings. The number of halogens is 3. The largest absolute Gasteiger partial charge is 0.416 e. The van der Waals surface area contributed by atoms with Crippen molar-refractivity contribution in [1.29, 1.82) is 0 Å². The van der Waals surface area contributed by atoms with E-state index >= 15 is 0 Å². The van der Waals surface area contributed by atoms with Gasteiger partial charge in [0.15, 0.2) is 0 Å². The summed E-state index contributed by atoms with van der Waals surface area (Å²) in [5, 5.41) is 10.4. The van der Waals surface area contributed by atoms with Gasteiger partial charge in [-0.15, -0.1) is 0 Å². The van der Waals surface area contributed by atoms with Crippen LogP contribution in [-0.2, 0) is 12.6 Å². The van der Waals surface area contributed by atoms with Crippen LogP contribution in [0, 0.1) is 17.8 Å². The second-order valence-electron chi connectivity index (χ2n) is 5.63. The number of benzene rings is 2. The van der Waals surface area contributed by atoms with Gasteiger partial charge in [-0.25, -0.2) is 0 Å². The maximum atomic E-state index is 12.5. The first kappa shape index (κ1) is 15.6. The normalized spacial score (nSPS) is 20.3. The molecule has 1 N–H and O–H groups in total. The molecule has 0 fully saturated rings. The lowest BCUT2D eigenvalue weighted by Crippen LogP contribution is -2.19. The Hall–Kier alpha value is -2.25.